The van der Waals surface area contributed by atoms with E-state index in [1.54, 1.807) is 6.20 Å². The maximum absolute atomic E-state index is 5.42. The number of nitrogens with zero attached hydrogens (tertiary/aromatic N) is 4. The van der Waals surface area contributed by atoms with Crippen LogP contribution in [0.3, 0.4) is 0 Å². The lowest BCUT2D eigenvalue weighted by molar-refractivity contribution is 0.327. The van der Waals surface area contributed by atoms with Gasteiger partial charge >= 0.3 is 0 Å². The monoisotopic (exact) mass is 309 g/mol. The summed E-state index contributed by atoms with van der Waals surface area (Å²) >= 11 is 0. The Kier molecular flexibility index (Phi) is 4.52. The molecule has 0 atom stereocenters. The molecule has 3 rings (SSSR count). The van der Waals surface area contributed by atoms with Crippen LogP contribution < -0.4 is 10.1 Å². The average Bonchev–Trinajstić information content (AvgIpc) is 2.95. The van der Waals surface area contributed by atoms with Gasteiger partial charge in [0.1, 0.15) is 5.82 Å². The number of aromatic nitrogens is 4. The molecular formula is C17H19N5O. The molecule has 0 amide bonds. The van der Waals surface area contributed by atoms with Crippen LogP contribution in [-0.4, -0.2) is 26.4 Å². The Balaban J connectivity index is 1.77. The maximum Gasteiger partial charge on any atom is 0.215 e. The topological polar surface area (TPSA) is 64.9 Å². The van der Waals surface area contributed by atoms with E-state index in [1.165, 1.54) is 0 Å². The zero-order chi connectivity index (χ0) is 16.1. The molecule has 3 heterocycles. The van der Waals surface area contributed by atoms with E-state index in [2.05, 4.69) is 20.4 Å². The van der Waals surface area contributed by atoms with Crippen molar-refractivity contribution in [3.63, 3.8) is 0 Å². The predicted molar refractivity (Wildman–Crippen MR) is 89.2 cm³/mol. The molecule has 0 spiro atoms. The van der Waals surface area contributed by atoms with Crippen molar-refractivity contribution in [2.75, 3.05) is 11.9 Å². The molecule has 0 aromatic carbocycles. The van der Waals surface area contributed by atoms with Gasteiger partial charge < -0.3 is 10.1 Å². The van der Waals surface area contributed by atoms with E-state index in [1.807, 2.05) is 61.4 Å². The van der Waals surface area contributed by atoms with Gasteiger partial charge in [-0.3, -0.25) is 9.67 Å². The van der Waals surface area contributed by atoms with Crippen molar-refractivity contribution < 1.29 is 4.74 Å². The molecule has 0 bridgehead atoms. The second-order valence-electron chi connectivity index (χ2n) is 5.07. The molecule has 0 radical (unpaired) electrons. The number of nitrogens with one attached hydrogen (secondary N) is 1. The first kappa shape index (κ1) is 15.0. The molecular weight excluding hydrogens is 290 g/mol. The van der Waals surface area contributed by atoms with E-state index in [9.17, 15) is 0 Å². The zero-order valence-corrected chi connectivity index (χ0v) is 13.2. The molecule has 0 saturated carbocycles. The summed E-state index contributed by atoms with van der Waals surface area (Å²) in [5.74, 6) is 1.40. The Labute approximate surface area is 135 Å². The van der Waals surface area contributed by atoms with Crippen molar-refractivity contribution in [2.45, 2.75) is 13.5 Å². The molecule has 0 aliphatic carbocycles. The fourth-order valence-corrected chi connectivity index (χ4v) is 2.34. The van der Waals surface area contributed by atoms with Crippen LogP contribution in [0, 0.1) is 0 Å². The Hall–Kier alpha value is -2.89. The van der Waals surface area contributed by atoms with E-state index in [0.717, 1.165) is 22.6 Å². The van der Waals surface area contributed by atoms with Gasteiger partial charge in [-0.1, -0.05) is 6.07 Å². The SMILES string of the molecule is CCOc1cccc(NCc2cn(C)nc2-c2cccnc2)n1. The molecule has 23 heavy (non-hydrogen) atoms. The van der Waals surface area contributed by atoms with Gasteiger partial charge in [-0.25, -0.2) is 0 Å². The third-order valence-electron chi connectivity index (χ3n) is 3.32. The van der Waals surface area contributed by atoms with Crippen molar-refractivity contribution in [2.24, 2.45) is 7.05 Å². The molecule has 3 aromatic rings. The van der Waals surface area contributed by atoms with E-state index in [4.69, 9.17) is 4.74 Å². The second-order valence-corrected chi connectivity index (χ2v) is 5.07. The van der Waals surface area contributed by atoms with Gasteiger partial charge in [0.15, 0.2) is 0 Å². The zero-order valence-electron chi connectivity index (χ0n) is 13.2. The van der Waals surface area contributed by atoms with Crippen LogP contribution in [-0.2, 0) is 13.6 Å². The molecule has 0 fully saturated rings. The van der Waals surface area contributed by atoms with Gasteiger partial charge in [-0.2, -0.15) is 10.1 Å². The summed E-state index contributed by atoms with van der Waals surface area (Å²) in [6.07, 6.45) is 5.58. The van der Waals surface area contributed by atoms with Crippen LogP contribution in [0.2, 0.25) is 0 Å². The normalized spacial score (nSPS) is 10.5. The van der Waals surface area contributed by atoms with Crippen LogP contribution in [0.1, 0.15) is 12.5 Å². The number of pyridine rings is 2. The molecule has 118 valence electrons. The first-order valence-corrected chi connectivity index (χ1v) is 7.53. The molecule has 0 saturated heterocycles. The summed E-state index contributed by atoms with van der Waals surface area (Å²) in [6.45, 7) is 3.17. The number of rotatable bonds is 6. The first-order valence-electron chi connectivity index (χ1n) is 7.53. The number of hydrogen-bond acceptors (Lipinski definition) is 5. The van der Waals surface area contributed by atoms with Crippen LogP contribution in [0.25, 0.3) is 11.3 Å². The highest BCUT2D eigenvalue weighted by atomic mass is 16.5. The quantitative estimate of drug-likeness (QED) is 0.758. The summed E-state index contributed by atoms with van der Waals surface area (Å²) < 4.78 is 7.23. The smallest absolute Gasteiger partial charge is 0.215 e. The standard InChI is InChI=1S/C17H19N5O/c1-3-23-16-8-4-7-15(20-16)19-11-14-12-22(2)21-17(14)13-6-5-9-18-10-13/h4-10,12H,3,11H2,1-2H3,(H,19,20). The minimum atomic E-state index is 0.601. The Morgan fingerprint density at radius 2 is 2.13 bits per heavy atom. The van der Waals surface area contributed by atoms with Gasteiger partial charge in [0.2, 0.25) is 5.88 Å². The van der Waals surface area contributed by atoms with E-state index in [0.29, 0.717) is 19.0 Å². The van der Waals surface area contributed by atoms with Crippen molar-refractivity contribution in [3.8, 4) is 17.1 Å². The molecule has 6 heteroatoms. The van der Waals surface area contributed by atoms with Crippen LogP contribution in [0.4, 0.5) is 5.82 Å². The summed E-state index contributed by atoms with van der Waals surface area (Å²) in [6, 6.07) is 9.61. The van der Waals surface area contributed by atoms with Crippen LogP contribution in [0.5, 0.6) is 5.88 Å². The lowest BCUT2D eigenvalue weighted by Gasteiger charge is -2.08. The summed E-state index contributed by atoms with van der Waals surface area (Å²) in [4.78, 5) is 8.58. The van der Waals surface area contributed by atoms with E-state index < -0.39 is 0 Å². The molecule has 0 aliphatic heterocycles. The third-order valence-corrected chi connectivity index (χ3v) is 3.32. The highest BCUT2D eigenvalue weighted by Crippen LogP contribution is 2.22. The third kappa shape index (κ3) is 3.66. The number of ether oxygens (including phenoxy) is 1. The van der Waals surface area contributed by atoms with Gasteiger partial charge in [-0.15, -0.1) is 0 Å². The highest BCUT2D eigenvalue weighted by molar-refractivity contribution is 5.62. The molecule has 0 unspecified atom stereocenters. The van der Waals surface area contributed by atoms with E-state index >= 15 is 0 Å². The van der Waals surface area contributed by atoms with Crippen molar-refractivity contribution in [3.05, 3.63) is 54.5 Å². The van der Waals surface area contributed by atoms with E-state index in [-0.39, 0.29) is 0 Å². The van der Waals surface area contributed by atoms with Gasteiger partial charge in [0.25, 0.3) is 0 Å². The fourth-order valence-electron chi connectivity index (χ4n) is 2.34. The van der Waals surface area contributed by atoms with Gasteiger partial charge in [0, 0.05) is 49.4 Å². The number of aryl methyl sites for hydroxylation is 1. The van der Waals surface area contributed by atoms with Crippen molar-refractivity contribution in [1.82, 2.24) is 19.7 Å². The minimum Gasteiger partial charge on any atom is -0.478 e. The number of hydrogen-bond donors (Lipinski definition) is 1. The largest absolute Gasteiger partial charge is 0.478 e. The Morgan fingerprint density at radius 1 is 1.22 bits per heavy atom. The second kappa shape index (κ2) is 6.91. The highest BCUT2D eigenvalue weighted by Gasteiger charge is 2.10. The van der Waals surface area contributed by atoms with Crippen LogP contribution >= 0.6 is 0 Å². The summed E-state index contributed by atoms with van der Waals surface area (Å²) in [7, 11) is 1.91. The summed E-state index contributed by atoms with van der Waals surface area (Å²) in [5, 5.41) is 7.85. The Bertz CT molecular complexity index is 770. The molecule has 1 N–H and O–H groups in total. The first-order chi connectivity index (χ1) is 11.3. The molecule has 6 nitrogen and oxygen atoms in total. The lowest BCUT2D eigenvalue weighted by atomic mass is 10.1. The molecule has 3 aromatic heterocycles. The van der Waals surface area contributed by atoms with Crippen molar-refractivity contribution >= 4 is 5.82 Å². The van der Waals surface area contributed by atoms with Crippen molar-refractivity contribution in [1.29, 1.82) is 0 Å². The number of anilines is 1. The molecule has 0 aliphatic rings. The van der Waals surface area contributed by atoms with Crippen LogP contribution in [0.15, 0.2) is 48.9 Å². The Morgan fingerprint density at radius 3 is 2.91 bits per heavy atom. The minimum absolute atomic E-state index is 0.601. The summed E-state index contributed by atoms with van der Waals surface area (Å²) in [5.41, 5.74) is 3.01. The van der Waals surface area contributed by atoms with Gasteiger partial charge in [-0.05, 0) is 25.1 Å². The lowest BCUT2D eigenvalue weighted by Crippen LogP contribution is -2.03. The van der Waals surface area contributed by atoms with Gasteiger partial charge in [0.05, 0.1) is 12.3 Å². The predicted octanol–water partition coefficient (Wildman–Crippen LogP) is 2.89. The fraction of sp³-hybridized carbons (Fsp3) is 0.235. The average molecular weight is 309 g/mol. The maximum atomic E-state index is 5.42.